The van der Waals surface area contributed by atoms with Crippen molar-refractivity contribution in [2.24, 2.45) is 0 Å². The molecule has 2 aromatic rings. The number of amides is 2. The molecular formula is C25H30N2O5. The van der Waals surface area contributed by atoms with Gasteiger partial charge in [0.05, 0.1) is 14.2 Å². The molecule has 0 unspecified atom stereocenters. The third-order valence-corrected chi connectivity index (χ3v) is 5.74. The summed E-state index contributed by atoms with van der Waals surface area (Å²) in [6.45, 7) is 3.09. The van der Waals surface area contributed by atoms with Gasteiger partial charge in [-0.1, -0.05) is 29.8 Å². The molecule has 7 heteroatoms. The molecule has 170 valence electrons. The maximum atomic E-state index is 12.7. The maximum absolute atomic E-state index is 12.7. The number of nitrogens with zero attached hydrogens (tertiary/aromatic N) is 1. The summed E-state index contributed by atoms with van der Waals surface area (Å²) in [5.41, 5.74) is 2.20. The van der Waals surface area contributed by atoms with Gasteiger partial charge in [0, 0.05) is 49.2 Å². The highest BCUT2D eigenvalue weighted by Gasteiger charge is 2.25. The highest BCUT2D eigenvalue weighted by Crippen LogP contribution is 2.23. The van der Waals surface area contributed by atoms with Crippen molar-refractivity contribution in [1.29, 1.82) is 0 Å². The van der Waals surface area contributed by atoms with E-state index in [0.29, 0.717) is 48.6 Å². The number of nitrogens with one attached hydrogen (secondary N) is 1. The standard InChI is InChI=1S/C25H30N2O5/c1-17-4-6-18(7-5-17)23(28)8-9-24(29)27-12-10-20(11-13-27)26-25(30)19-14-21(31-2)16-22(15-19)32-3/h4-7,14-16,20H,8-13H2,1-3H3,(H,26,30). The van der Waals surface area contributed by atoms with Crippen molar-refractivity contribution in [1.82, 2.24) is 10.2 Å². The van der Waals surface area contributed by atoms with Gasteiger partial charge in [0.25, 0.3) is 5.91 Å². The van der Waals surface area contributed by atoms with Gasteiger partial charge in [0.1, 0.15) is 11.5 Å². The molecule has 0 spiro atoms. The second-order valence-electron chi connectivity index (χ2n) is 8.02. The minimum Gasteiger partial charge on any atom is -0.497 e. The van der Waals surface area contributed by atoms with Crippen LogP contribution in [0.3, 0.4) is 0 Å². The molecule has 0 aliphatic carbocycles. The van der Waals surface area contributed by atoms with Crippen LogP contribution in [0, 0.1) is 6.92 Å². The van der Waals surface area contributed by atoms with E-state index in [1.54, 1.807) is 35.2 Å². The van der Waals surface area contributed by atoms with Crippen LogP contribution in [0.1, 0.15) is 52.0 Å². The van der Waals surface area contributed by atoms with E-state index in [1.807, 2.05) is 19.1 Å². The van der Waals surface area contributed by atoms with Gasteiger partial charge in [0.2, 0.25) is 5.91 Å². The molecule has 0 bridgehead atoms. The molecule has 1 saturated heterocycles. The number of likely N-dealkylation sites (tertiary alicyclic amines) is 1. The van der Waals surface area contributed by atoms with E-state index in [-0.39, 0.29) is 36.5 Å². The van der Waals surface area contributed by atoms with Crippen molar-refractivity contribution >= 4 is 17.6 Å². The normalized spacial score (nSPS) is 14.0. The Balaban J connectivity index is 1.46. The van der Waals surface area contributed by atoms with E-state index in [1.165, 1.54) is 14.2 Å². The Bertz CT molecular complexity index is 941. The molecule has 0 aromatic heterocycles. The number of methoxy groups -OCH3 is 2. The predicted molar refractivity (Wildman–Crippen MR) is 121 cm³/mol. The molecule has 7 nitrogen and oxygen atoms in total. The molecule has 0 saturated carbocycles. The second kappa shape index (κ2) is 10.8. The Morgan fingerprint density at radius 3 is 2.06 bits per heavy atom. The molecule has 32 heavy (non-hydrogen) atoms. The summed E-state index contributed by atoms with van der Waals surface area (Å²) in [6.07, 6.45) is 1.75. The number of carbonyl (C=O) groups excluding carboxylic acids is 3. The van der Waals surface area contributed by atoms with E-state index in [0.717, 1.165) is 5.56 Å². The number of aryl methyl sites for hydroxylation is 1. The summed E-state index contributed by atoms with van der Waals surface area (Å²) < 4.78 is 10.4. The van der Waals surface area contributed by atoms with Crippen molar-refractivity contribution in [2.45, 2.75) is 38.6 Å². The van der Waals surface area contributed by atoms with Crippen molar-refractivity contribution in [3.05, 3.63) is 59.2 Å². The number of piperidine rings is 1. The Kier molecular flexibility index (Phi) is 7.87. The molecule has 2 aromatic carbocycles. The number of benzene rings is 2. The highest BCUT2D eigenvalue weighted by atomic mass is 16.5. The Labute approximate surface area is 188 Å². The van der Waals surface area contributed by atoms with E-state index in [9.17, 15) is 14.4 Å². The van der Waals surface area contributed by atoms with Gasteiger partial charge in [-0.25, -0.2) is 0 Å². The molecule has 1 N–H and O–H groups in total. The minimum absolute atomic E-state index is 0.0158. The first kappa shape index (κ1) is 23.3. The van der Waals surface area contributed by atoms with E-state index < -0.39 is 0 Å². The molecular weight excluding hydrogens is 408 g/mol. The Morgan fingerprint density at radius 2 is 1.50 bits per heavy atom. The number of ketones is 1. The van der Waals surface area contributed by atoms with Gasteiger partial charge in [-0.15, -0.1) is 0 Å². The molecule has 0 radical (unpaired) electrons. The summed E-state index contributed by atoms with van der Waals surface area (Å²) in [5, 5.41) is 3.03. The number of rotatable bonds is 8. The molecule has 3 rings (SSSR count). The fourth-order valence-electron chi connectivity index (χ4n) is 3.74. The first-order valence-electron chi connectivity index (χ1n) is 10.8. The highest BCUT2D eigenvalue weighted by molar-refractivity contribution is 5.98. The van der Waals surface area contributed by atoms with E-state index in [4.69, 9.17) is 9.47 Å². The SMILES string of the molecule is COc1cc(OC)cc(C(=O)NC2CCN(C(=O)CCC(=O)c3ccc(C)cc3)CC2)c1. The lowest BCUT2D eigenvalue weighted by Crippen LogP contribution is -2.46. The topological polar surface area (TPSA) is 84.9 Å². The molecule has 2 amide bonds. The zero-order chi connectivity index (χ0) is 23.1. The van der Waals surface area contributed by atoms with Crippen molar-refractivity contribution in [2.75, 3.05) is 27.3 Å². The number of hydrogen-bond acceptors (Lipinski definition) is 5. The van der Waals surface area contributed by atoms with Crippen molar-refractivity contribution in [3.63, 3.8) is 0 Å². The van der Waals surface area contributed by atoms with Crippen LogP contribution in [-0.2, 0) is 4.79 Å². The lowest BCUT2D eigenvalue weighted by molar-refractivity contribution is -0.132. The molecule has 1 aliphatic rings. The van der Waals surface area contributed by atoms with Crippen LogP contribution < -0.4 is 14.8 Å². The molecule has 1 fully saturated rings. The zero-order valence-corrected chi connectivity index (χ0v) is 18.8. The monoisotopic (exact) mass is 438 g/mol. The number of Topliss-reactive ketones (excluding diaryl/α,β-unsaturated/α-hetero) is 1. The van der Waals surface area contributed by atoms with Gasteiger partial charge in [-0.05, 0) is 31.9 Å². The summed E-state index contributed by atoms with van der Waals surface area (Å²) in [7, 11) is 3.08. The van der Waals surface area contributed by atoms with Gasteiger partial charge in [-0.2, -0.15) is 0 Å². The van der Waals surface area contributed by atoms with Crippen LogP contribution in [0.4, 0.5) is 0 Å². The number of carbonyl (C=O) groups is 3. The summed E-state index contributed by atoms with van der Waals surface area (Å²) in [6, 6.07) is 12.4. The van der Waals surface area contributed by atoms with Crippen LogP contribution in [0.15, 0.2) is 42.5 Å². The smallest absolute Gasteiger partial charge is 0.251 e. The van der Waals surface area contributed by atoms with Crippen molar-refractivity contribution in [3.8, 4) is 11.5 Å². The van der Waals surface area contributed by atoms with E-state index >= 15 is 0 Å². The van der Waals surface area contributed by atoms with E-state index in [2.05, 4.69) is 5.32 Å². The fraction of sp³-hybridized carbons (Fsp3) is 0.400. The largest absolute Gasteiger partial charge is 0.497 e. The lowest BCUT2D eigenvalue weighted by atomic mass is 10.0. The summed E-state index contributed by atoms with van der Waals surface area (Å²) in [4.78, 5) is 39.3. The Hall–Kier alpha value is -3.35. The third-order valence-electron chi connectivity index (χ3n) is 5.74. The molecule has 0 atom stereocenters. The van der Waals surface area contributed by atoms with Crippen LogP contribution in [-0.4, -0.2) is 55.8 Å². The van der Waals surface area contributed by atoms with Crippen LogP contribution in [0.5, 0.6) is 11.5 Å². The van der Waals surface area contributed by atoms with Gasteiger partial charge in [0.15, 0.2) is 5.78 Å². The predicted octanol–water partition coefficient (Wildman–Crippen LogP) is 3.40. The van der Waals surface area contributed by atoms with Gasteiger partial charge < -0.3 is 19.7 Å². The van der Waals surface area contributed by atoms with Crippen LogP contribution in [0.25, 0.3) is 0 Å². The third kappa shape index (κ3) is 6.09. The minimum atomic E-state index is -0.198. The average molecular weight is 439 g/mol. The lowest BCUT2D eigenvalue weighted by Gasteiger charge is -2.32. The van der Waals surface area contributed by atoms with Gasteiger partial charge in [-0.3, -0.25) is 14.4 Å². The second-order valence-corrected chi connectivity index (χ2v) is 8.02. The molecule has 1 aliphatic heterocycles. The summed E-state index contributed by atoms with van der Waals surface area (Å²) in [5.74, 6) is 0.864. The fourth-order valence-corrected chi connectivity index (χ4v) is 3.74. The molecule has 1 heterocycles. The van der Waals surface area contributed by atoms with Crippen molar-refractivity contribution < 1.29 is 23.9 Å². The first-order valence-corrected chi connectivity index (χ1v) is 10.8. The number of hydrogen-bond donors (Lipinski definition) is 1. The quantitative estimate of drug-likeness (QED) is 0.639. The first-order chi connectivity index (χ1) is 15.4. The number of ether oxygens (including phenoxy) is 2. The Morgan fingerprint density at radius 1 is 0.906 bits per heavy atom. The van der Waals surface area contributed by atoms with Gasteiger partial charge >= 0.3 is 0 Å². The van der Waals surface area contributed by atoms with Crippen LogP contribution in [0.2, 0.25) is 0 Å². The average Bonchev–Trinajstić information content (AvgIpc) is 2.82. The maximum Gasteiger partial charge on any atom is 0.251 e. The van der Waals surface area contributed by atoms with Crippen LogP contribution >= 0.6 is 0 Å². The summed E-state index contributed by atoms with van der Waals surface area (Å²) >= 11 is 0. The zero-order valence-electron chi connectivity index (χ0n) is 18.8.